The van der Waals surface area contributed by atoms with E-state index in [0.717, 1.165) is 5.56 Å². The first-order valence-electron chi connectivity index (χ1n) is 9.85. The molecule has 1 amide bonds. The van der Waals surface area contributed by atoms with Gasteiger partial charge in [-0.25, -0.2) is 13.4 Å². The van der Waals surface area contributed by atoms with Gasteiger partial charge in [0.2, 0.25) is 15.9 Å². The number of amides is 1. The minimum Gasteiger partial charge on any atom is -0.497 e. The molecule has 1 aliphatic rings. The first-order valence-corrected chi connectivity index (χ1v) is 12.2. The van der Waals surface area contributed by atoms with Gasteiger partial charge < -0.3 is 10.1 Å². The summed E-state index contributed by atoms with van der Waals surface area (Å²) in [6, 6.07) is 14.4. The van der Waals surface area contributed by atoms with Crippen molar-refractivity contribution >= 4 is 32.4 Å². The van der Waals surface area contributed by atoms with Crippen LogP contribution in [0.2, 0.25) is 0 Å². The fourth-order valence-electron chi connectivity index (χ4n) is 3.54. The number of ether oxygens (including phenoxy) is 1. The van der Waals surface area contributed by atoms with Gasteiger partial charge >= 0.3 is 0 Å². The number of hydrogen-bond donors (Lipinski definition) is 1. The van der Waals surface area contributed by atoms with Gasteiger partial charge in [-0.15, -0.1) is 11.3 Å². The highest BCUT2D eigenvalue weighted by atomic mass is 32.2. The van der Waals surface area contributed by atoms with Crippen LogP contribution in [0.4, 0.5) is 5.13 Å². The average Bonchev–Trinajstić information content (AvgIpc) is 3.49. The van der Waals surface area contributed by atoms with E-state index in [2.05, 4.69) is 16.4 Å². The molecule has 3 aromatic rings. The zero-order valence-corrected chi connectivity index (χ0v) is 18.8. The van der Waals surface area contributed by atoms with Crippen LogP contribution in [0.15, 0.2) is 58.8 Å². The Morgan fingerprint density at radius 1 is 1.22 bits per heavy atom. The second-order valence-corrected chi connectivity index (χ2v) is 9.91. The standard InChI is InChI=1S/C22H20N4O4S2/c1-30-17-8-10-18(11-9-17)32(28,29)26-12-2-3-20(26)21(27)25-22-24-19(14-31-22)16-6-4-15(13-23)5-7-16/h4-11,14,20H,2-3,12H2,1H3,(H,24,25,27). The number of nitrogens with zero attached hydrogens (tertiary/aromatic N) is 3. The summed E-state index contributed by atoms with van der Waals surface area (Å²) in [5.41, 5.74) is 2.05. The van der Waals surface area contributed by atoms with Gasteiger partial charge in [0, 0.05) is 17.5 Å². The predicted octanol–water partition coefficient (Wildman–Crippen LogP) is 3.48. The molecule has 1 saturated heterocycles. The Hall–Kier alpha value is -3.26. The maximum Gasteiger partial charge on any atom is 0.244 e. The molecule has 1 aliphatic heterocycles. The first kappa shape index (κ1) is 22.0. The molecule has 8 nitrogen and oxygen atoms in total. The van der Waals surface area contributed by atoms with Gasteiger partial charge in [0.05, 0.1) is 29.3 Å². The van der Waals surface area contributed by atoms with Crippen LogP contribution in [0.3, 0.4) is 0 Å². The Bertz CT molecular complexity index is 1260. The van der Waals surface area contributed by atoms with E-state index in [1.54, 1.807) is 41.8 Å². The van der Waals surface area contributed by atoms with Crippen LogP contribution in [-0.2, 0) is 14.8 Å². The predicted molar refractivity (Wildman–Crippen MR) is 121 cm³/mol. The van der Waals surface area contributed by atoms with Crippen molar-refractivity contribution < 1.29 is 17.9 Å². The largest absolute Gasteiger partial charge is 0.497 e. The quantitative estimate of drug-likeness (QED) is 0.593. The fraction of sp³-hybridized carbons (Fsp3) is 0.227. The smallest absolute Gasteiger partial charge is 0.244 e. The third-order valence-corrected chi connectivity index (χ3v) is 7.90. The molecule has 4 rings (SSSR count). The Labute approximate surface area is 190 Å². The highest BCUT2D eigenvalue weighted by Crippen LogP contribution is 2.29. The Balaban J connectivity index is 1.49. The number of hydrogen-bond acceptors (Lipinski definition) is 7. The average molecular weight is 469 g/mol. The van der Waals surface area contributed by atoms with E-state index in [9.17, 15) is 13.2 Å². The van der Waals surface area contributed by atoms with E-state index < -0.39 is 22.0 Å². The highest BCUT2D eigenvalue weighted by Gasteiger charge is 2.39. The number of aromatic nitrogens is 1. The molecule has 0 aliphatic carbocycles. The van der Waals surface area contributed by atoms with Gasteiger partial charge in [-0.2, -0.15) is 9.57 Å². The van der Waals surface area contributed by atoms with Crippen molar-refractivity contribution in [2.45, 2.75) is 23.8 Å². The minimum absolute atomic E-state index is 0.121. The zero-order chi connectivity index (χ0) is 22.7. The molecule has 10 heteroatoms. The fourth-order valence-corrected chi connectivity index (χ4v) is 5.92. The van der Waals surface area contributed by atoms with Gasteiger partial charge in [-0.1, -0.05) is 12.1 Å². The van der Waals surface area contributed by atoms with Crippen LogP contribution < -0.4 is 10.1 Å². The van der Waals surface area contributed by atoms with Gasteiger partial charge in [0.1, 0.15) is 11.8 Å². The van der Waals surface area contributed by atoms with Crippen LogP contribution in [0, 0.1) is 11.3 Å². The van der Waals surface area contributed by atoms with Gasteiger partial charge in [0.15, 0.2) is 5.13 Å². The molecule has 1 N–H and O–H groups in total. The highest BCUT2D eigenvalue weighted by molar-refractivity contribution is 7.89. The number of carbonyl (C=O) groups is 1. The van der Waals surface area contributed by atoms with Crippen LogP contribution in [0.25, 0.3) is 11.3 Å². The van der Waals surface area contributed by atoms with E-state index in [0.29, 0.717) is 35.0 Å². The van der Waals surface area contributed by atoms with E-state index >= 15 is 0 Å². The summed E-state index contributed by atoms with van der Waals surface area (Å²) < 4.78 is 32.6. The number of methoxy groups -OCH3 is 1. The summed E-state index contributed by atoms with van der Waals surface area (Å²) >= 11 is 1.26. The van der Waals surface area contributed by atoms with Crippen molar-refractivity contribution in [3.8, 4) is 23.1 Å². The lowest BCUT2D eigenvalue weighted by Gasteiger charge is -2.23. The molecule has 0 saturated carbocycles. The summed E-state index contributed by atoms with van der Waals surface area (Å²) in [5.74, 6) is 0.154. The number of carbonyl (C=O) groups excluding carboxylic acids is 1. The molecule has 2 heterocycles. The lowest BCUT2D eigenvalue weighted by atomic mass is 10.1. The molecule has 0 spiro atoms. The van der Waals surface area contributed by atoms with E-state index in [4.69, 9.17) is 10.00 Å². The van der Waals surface area contributed by atoms with Crippen LogP contribution in [-0.4, -0.2) is 43.3 Å². The van der Waals surface area contributed by atoms with Crippen molar-refractivity contribution in [3.05, 3.63) is 59.5 Å². The number of thiazole rings is 1. The normalized spacial score (nSPS) is 16.4. The second kappa shape index (κ2) is 9.08. The third kappa shape index (κ3) is 4.36. The topological polar surface area (TPSA) is 112 Å². The van der Waals surface area contributed by atoms with Crippen LogP contribution in [0.1, 0.15) is 18.4 Å². The van der Waals surface area contributed by atoms with Crippen molar-refractivity contribution in [1.29, 1.82) is 5.26 Å². The lowest BCUT2D eigenvalue weighted by Crippen LogP contribution is -2.43. The van der Waals surface area contributed by atoms with Crippen LogP contribution >= 0.6 is 11.3 Å². The van der Waals surface area contributed by atoms with Crippen molar-refractivity contribution in [2.24, 2.45) is 0 Å². The summed E-state index contributed by atoms with van der Waals surface area (Å²) in [6.07, 6.45) is 1.04. The SMILES string of the molecule is COc1ccc(S(=O)(=O)N2CCCC2C(=O)Nc2nc(-c3ccc(C#N)cc3)cs2)cc1. The molecule has 2 aromatic carbocycles. The van der Waals surface area contributed by atoms with Crippen molar-refractivity contribution in [2.75, 3.05) is 19.0 Å². The molecule has 1 unspecified atom stereocenters. The van der Waals surface area contributed by atoms with Gasteiger partial charge in [-0.3, -0.25) is 4.79 Å². The number of nitriles is 1. The number of anilines is 1. The number of nitrogens with one attached hydrogen (secondary N) is 1. The number of benzene rings is 2. The second-order valence-electron chi connectivity index (χ2n) is 7.17. The van der Waals surface area contributed by atoms with Crippen molar-refractivity contribution in [1.82, 2.24) is 9.29 Å². The van der Waals surface area contributed by atoms with Gasteiger partial charge in [-0.05, 0) is 49.2 Å². The first-order chi connectivity index (χ1) is 15.4. The molecular weight excluding hydrogens is 448 g/mol. The molecule has 32 heavy (non-hydrogen) atoms. The number of rotatable bonds is 6. The number of sulfonamides is 1. The lowest BCUT2D eigenvalue weighted by molar-refractivity contribution is -0.119. The van der Waals surface area contributed by atoms with E-state index in [1.807, 2.05) is 0 Å². The molecule has 1 aromatic heterocycles. The summed E-state index contributed by atoms with van der Waals surface area (Å²) in [5, 5.41) is 13.9. The minimum atomic E-state index is -3.82. The monoisotopic (exact) mass is 468 g/mol. The molecule has 164 valence electrons. The Morgan fingerprint density at radius 3 is 2.59 bits per heavy atom. The molecule has 0 bridgehead atoms. The molecular formula is C22H20N4O4S2. The Morgan fingerprint density at radius 2 is 1.94 bits per heavy atom. The summed E-state index contributed by atoms with van der Waals surface area (Å²) in [7, 11) is -2.31. The Kier molecular flexibility index (Phi) is 6.23. The third-order valence-electron chi connectivity index (χ3n) is 5.22. The van der Waals surface area contributed by atoms with Crippen LogP contribution in [0.5, 0.6) is 5.75 Å². The van der Waals surface area contributed by atoms with E-state index in [1.165, 1.54) is 34.9 Å². The maximum atomic E-state index is 13.1. The van der Waals surface area contributed by atoms with Gasteiger partial charge in [0.25, 0.3) is 0 Å². The summed E-state index contributed by atoms with van der Waals surface area (Å²) in [6.45, 7) is 0.279. The molecule has 1 atom stereocenters. The molecule has 1 fully saturated rings. The van der Waals surface area contributed by atoms with E-state index in [-0.39, 0.29) is 11.4 Å². The summed E-state index contributed by atoms with van der Waals surface area (Å²) in [4.78, 5) is 17.5. The maximum absolute atomic E-state index is 13.1. The molecule has 0 radical (unpaired) electrons. The van der Waals surface area contributed by atoms with Crippen molar-refractivity contribution in [3.63, 3.8) is 0 Å². The zero-order valence-electron chi connectivity index (χ0n) is 17.2.